The van der Waals surface area contributed by atoms with Crippen LogP contribution < -0.4 is 4.43 Å². The second-order valence-corrected chi connectivity index (χ2v) is 16.0. The fourth-order valence-electron chi connectivity index (χ4n) is 5.64. The predicted octanol–water partition coefficient (Wildman–Crippen LogP) is 7.43. The third-order valence-corrected chi connectivity index (χ3v) is 12.9. The highest BCUT2D eigenvalue weighted by molar-refractivity contribution is 6.74. The van der Waals surface area contributed by atoms with Gasteiger partial charge in [0.15, 0.2) is 0 Å². The normalized spacial score (nSPS) is 26.2. The number of carbonyl (C=O) groups is 1. The first kappa shape index (κ1) is 22.3. The molecule has 2 aliphatic rings. The van der Waals surface area contributed by atoms with Crippen molar-refractivity contribution in [3.05, 3.63) is 65.2 Å². The molecule has 0 aliphatic heterocycles. The zero-order valence-electron chi connectivity index (χ0n) is 20.1. The van der Waals surface area contributed by atoms with E-state index in [0.29, 0.717) is 18.1 Å². The summed E-state index contributed by atoms with van der Waals surface area (Å²) in [7, 11) is -1.86. The highest BCUT2D eigenvalue weighted by atomic mass is 28.4. The summed E-state index contributed by atoms with van der Waals surface area (Å²) in [5.41, 5.74) is 4.00. The number of carbonyl (C=O) groups excluding carboxylic acids is 1. The minimum Gasteiger partial charge on any atom is -0.543 e. The van der Waals surface area contributed by atoms with Gasteiger partial charge in [0.1, 0.15) is 11.5 Å². The second-order valence-electron chi connectivity index (χ2n) is 11.3. The summed E-state index contributed by atoms with van der Waals surface area (Å²) in [6.07, 6.45) is 4.94. The summed E-state index contributed by atoms with van der Waals surface area (Å²) < 4.78 is 6.60. The topological polar surface area (TPSA) is 26.3 Å². The number of rotatable bonds is 4. The minimum atomic E-state index is -1.86. The Morgan fingerprint density at radius 2 is 1.81 bits per heavy atom. The van der Waals surface area contributed by atoms with E-state index >= 15 is 0 Å². The van der Waals surface area contributed by atoms with Crippen molar-refractivity contribution < 1.29 is 9.22 Å². The van der Waals surface area contributed by atoms with Crippen molar-refractivity contribution in [3.63, 3.8) is 0 Å². The number of ketones is 1. The second kappa shape index (κ2) is 7.92. The quantitative estimate of drug-likeness (QED) is 0.468. The third-order valence-electron chi connectivity index (χ3n) is 8.57. The Balaban J connectivity index is 1.65. The highest BCUT2D eigenvalue weighted by Gasteiger charge is 2.50. The number of benzene rings is 2. The minimum absolute atomic E-state index is 0.00848. The van der Waals surface area contributed by atoms with Crippen molar-refractivity contribution in [2.45, 2.75) is 89.3 Å². The lowest BCUT2D eigenvalue weighted by molar-refractivity contribution is -0.126. The first-order valence-electron chi connectivity index (χ1n) is 12.0. The van der Waals surface area contributed by atoms with Crippen LogP contribution in [-0.2, 0) is 16.6 Å². The fourth-order valence-corrected chi connectivity index (χ4v) is 6.67. The smallest absolute Gasteiger partial charge is 0.250 e. The van der Waals surface area contributed by atoms with Gasteiger partial charge in [-0.25, -0.2) is 0 Å². The van der Waals surface area contributed by atoms with Gasteiger partial charge in [-0.2, -0.15) is 0 Å². The van der Waals surface area contributed by atoms with Crippen LogP contribution in [0.5, 0.6) is 5.75 Å². The van der Waals surface area contributed by atoms with Gasteiger partial charge in [0.25, 0.3) is 0 Å². The number of Topliss-reactive ketones (excluding diaryl/α,β-unsaturated/α-hetero) is 1. The van der Waals surface area contributed by atoms with Crippen molar-refractivity contribution in [3.8, 4) is 5.75 Å². The summed E-state index contributed by atoms with van der Waals surface area (Å²) >= 11 is 0. The molecule has 0 bridgehead atoms. The zero-order chi connectivity index (χ0) is 22.4. The van der Waals surface area contributed by atoms with Gasteiger partial charge in [-0.15, -0.1) is 0 Å². The molecule has 1 saturated carbocycles. The Morgan fingerprint density at radius 1 is 1.10 bits per heavy atom. The molecule has 166 valence electrons. The molecule has 2 aromatic rings. The van der Waals surface area contributed by atoms with Crippen LogP contribution in [0.4, 0.5) is 0 Å². The van der Waals surface area contributed by atoms with Crippen LogP contribution in [0.1, 0.15) is 76.0 Å². The lowest BCUT2D eigenvalue weighted by Gasteiger charge is -2.50. The average Bonchev–Trinajstić information content (AvgIpc) is 2.72. The van der Waals surface area contributed by atoms with E-state index in [0.717, 1.165) is 25.0 Å². The van der Waals surface area contributed by atoms with Crippen molar-refractivity contribution in [2.75, 3.05) is 0 Å². The van der Waals surface area contributed by atoms with Crippen molar-refractivity contribution >= 4 is 14.1 Å². The van der Waals surface area contributed by atoms with E-state index in [4.69, 9.17) is 4.43 Å². The summed E-state index contributed by atoms with van der Waals surface area (Å²) in [4.78, 5) is 13.4. The van der Waals surface area contributed by atoms with E-state index in [1.54, 1.807) is 0 Å². The molecule has 0 aromatic heterocycles. The standard InChI is InChI=1S/C28H38O2Si/c1-7-28-19-26(29)24(20-11-9-8-10-12-20)18-22(28)14-13-21-17-23(15-16-25(21)28)30-31(5,6)27(2,3)4/h8-12,15-17,22,24H,7,13-14,18-19H2,1-6H3/t22-,24+,28-/m1/s1. The van der Waals surface area contributed by atoms with E-state index in [2.05, 4.69) is 83.3 Å². The number of fused-ring (bicyclic) bond motifs is 3. The van der Waals surface area contributed by atoms with Gasteiger partial charge in [0.05, 0.1) is 0 Å². The van der Waals surface area contributed by atoms with Crippen molar-refractivity contribution in [1.82, 2.24) is 0 Å². The molecule has 0 spiro atoms. The molecular formula is C28H38O2Si. The molecule has 0 saturated heterocycles. The van der Waals surface area contributed by atoms with Crippen LogP contribution >= 0.6 is 0 Å². The molecule has 2 nitrogen and oxygen atoms in total. The van der Waals surface area contributed by atoms with Crippen LogP contribution in [0.3, 0.4) is 0 Å². The van der Waals surface area contributed by atoms with E-state index in [1.165, 1.54) is 23.1 Å². The van der Waals surface area contributed by atoms with E-state index in [9.17, 15) is 4.79 Å². The predicted molar refractivity (Wildman–Crippen MR) is 131 cm³/mol. The van der Waals surface area contributed by atoms with Gasteiger partial charge in [-0.05, 0) is 78.6 Å². The van der Waals surface area contributed by atoms with Crippen LogP contribution in [0, 0.1) is 5.92 Å². The van der Waals surface area contributed by atoms with Crippen LogP contribution in [0.15, 0.2) is 48.5 Å². The van der Waals surface area contributed by atoms with Crippen LogP contribution in [0.25, 0.3) is 0 Å². The summed E-state index contributed by atoms with van der Waals surface area (Å²) in [6, 6.07) is 17.2. The molecule has 0 N–H and O–H groups in total. The Labute approximate surface area is 189 Å². The maximum absolute atomic E-state index is 13.4. The van der Waals surface area contributed by atoms with Gasteiger partial charge < -0.3 is 4.43 Å². The summed E-state index contributed by atoms with van der Waals surface area (Å²) in [5.74, 6) is 2.06. The van der Waals surface area contributed by atoms with Crippen molar-refractivity contribution in [1.29, 1.82) is 0 Å². The molecule has 2 aliphatic carbocycles. The monoisotopic (exact) mass is 434 g/mol. The average molecular weight is 435 g/mol. The number of hydrogen-bond acceptors (Lipinski definition) is 2. The molecule has 3 atom stereocenters. The first-order chi connectivity index (χ1) is 14.6. The summed E-state index contributed by atoms with van der Waals surface area (Å²) in [5, 5.41) is 0.181. The molecule has 0 amide bonds. The van der Waals surface area contributed by atoms with Crippen LogP contribution in [-0.4, -0.2) is 14.1 Å². The molecular weight excluding hydrogens is 396 g/mol. The van der Waals surface area contributed by atoms with Crippen molar-refractivity contribution in [2.24, 2.45) is 5.92 Å². The maximum Gasteiger partial charge on any atom is 0.250 e. The summed E-state index contributed by atoms with van der Waals surface area (Å²) in [6.45, 7) is 13.7. The Bertz CT molecular complexity index is 957. The number of hydrogen-bond donors (Lipinski definition) is 0. The molecule has 0 heterocycles. The van der Waals surface area contributed by atoms with E-state index in [-0.39, 0.29) is 16.4 Å². The molecule has 0 radical (unpaired) electrons. The van der Waals surface area contributed by atoms with E-state index in [1.807, 2.05) is 6.07 Å². The molecule has 3 heteroatoms. The first-order valence-corrected chi connectivity index (χ1v) is 14.9. The Kier molecular flexibility index (Phi) is 5.70. The molecule has 1 fully saturated rings. The molecule has 31 heavy (non-hydrogen) atoms. The Hall–Kier alpha value is -1.87. The Morgan fingerprint density at radius 3 is 2.45 bits per heavy atom. The van der Waals surface area contributed by atoms with Crippen LogP contribution in [0.2, 0.25) is 18.1 Å². The van der Waals surface area contributed by atoms with Gasteiger partial charge in [0, 0.05) is 17.8 Å². The van der Waals surface area contributed by atoms with Gasteiger partial charge >= 0.3 is 0 Å². The fraction of sp³-hybridized carbons (Fsp3) is 0.536. The largest absolute Gasteiger partial charge is 0.543 e. The number of aryl methyl sites for hydroxylation is 1. The van der Waals surface area contributed by atoms with E-state index < -0.39 is 8.32 Å². The molecule has 2 aromatic carbocycles. The zero-order valence-corrected chi connectivity index (χ0v) is 21.1. The lowest BCUT2D eigenvalue weighted by atomic mass is 9.53. The van der Waals surface area contributed by atoms with Gasteiger partial charge in [-0.3, -0.25) is 4.79 Å². The molecule has 0 unspecified atom stereocenters. The van der Waals surface area contributed by atoms with Gasteiger partial charge in [0.2, 0.25) is 8.32 Å². The maximum atomic E-state index is 13.4. The lowest BCUT2D eigenvalue weighted by Crippen LogP contribution is -2.47. The van der Waals surface area contributed by atoms with Gasteiger partial charge in [-0.1, -0.05) is 64.1 Å². The SMILES string of the molecule is CC[C@@]12CC(=O)[C@H](c3ccccc3)C[C@H]1CCc1cc(O[Si](C)(C)C(C)(C)C)ccc12. The third kappa shape index (κ3) is 3.90. The highest BCUT2D eigenvalue weighted by Crippen LogP contribution is 2.54. The molecule has 4 rings (SSSR count).